The summed E-state index contributed by atoms with van der Waals surface area (Å²) in [7, 11) is 0. The van der Waals surface area contributed by atoms with Gasteiger partial charge in [0.15, 0.2) is 11.4 Å². The van der Waals surface area contributed by atoms with Crippen molar-refractivity contribution in [3.05, 3.63) is 35.8 Å². The van der Waals surface area contributed by atoms with Crippen molar-refractivity contribution in [2.45, 2.75) is 39.2 Å². The van der Waals surface area contributed by atoms with Crippen LogP contribution < -0.4 is 5.32 Å². The van der Waals surface area contributed by atoms with Crippen LogP contribution in [0.25, 0.3) is 11.0 Å². The molecule has 3 rings (SSSR count). The Bertz CT molecular complexity index is 592. The van der Waals surface area contributed by atoms with Crippen molar-refractivity contribution in [1.29, 1.82) is 0 Å². The number of fused-ring (bicyclic) bond motifs is 1. The van der Waals surface area contributed by atoms with Crippen molar-refractivity contribution >= 4 is 11.0 Å². The third-order valence-corrected chi connectivity index (χ3v) is 4.45. The molecule has 2 nitrogen and oxygen atoms in total. The Morgan fingerprint density at radius 2 is 2.25 bits per heavy atom. The van der Waals surface area contributed by atoms with Gasteiger partial charge in [0, 0.05) is 5.39 Å². The number of rotatable bonds is 4. The quantitative estimate of drug-likeness (QED) is 0.878. The number of furan rings is 1. The van der Waals surface area contributed by atoms with Crippen LogP contribution in [0.1, 0.15) is 44.9 Å². The van der Waals surface area contributed by atoms with E-state index < -0.39 is 0 Å². The lowest BCUT2D eigenvalue weighted by atomic mass is 9.94. The average Bonchev–Trinajstić information content (AvgIpc) is 3.03. The maximum Gasteiger partial charge on any atom is 0.169 e. The first-order valence-corrected chi connectivity index (χ1v) is 7.60. The van der Waals surface area contributed by atoms with E-state index in [4.69, 9.17) is 4.42 Å². The minimum Gasteiger partial charge on any atom is -0.456 e. The van der Waals surface area contributed by atoms with Crippen LogP contribution in [-0.2, 0) is 0 Å². The molecule has 3 atom stereocenters. The zero-order valence-electron chi connectivity index (χ0n) is 12.2. The Morgan fingerprint density at radius 3 is 2.90 bits per heavy atom. The van der Waals surface area contributed by atoms with Gasteiger partial charge in [-0.05, 0) is 43.4 Å². The summed E-state index contributed by atoms with van der Waals surface area (Å²) in [5.41, 5.74) is 0.386. The SMILES string of the molecule is CCNC(c1cc2cccc(F)c2o1)C1CCC(C)C1. The van der Waals surface area contributed by atoms with Crippen LogP contribution in [0.2, 0.25) is 0 Å². The first-order chi connectivity index (χ1) is 9.69. The second-order valence-electron chi connectivity index (χ2n) is 6.02. The molecule has 20 heavy (non-hydrogen) atoms. The van der Waals surface area contributed by atoms with E-state index in [-0.39, 0.29) is 11.9 Å². The predicted molar refractivity (Wildman–Crippen MR) is 79.1 cm³/mol. The maximum atomic E-state index is 13.8. The van der Waals surface area contributed by atoms with Gasteiger partial charge in [-0.25, -0.2) is 4.39 Å². The maximum absolute atomic E-state index is 13.8. The summed E-state index contributed by atoms with van der Waals surface area (Å²) < 4.78 is 19.6. The zero-order chi connectivity index (χ0) is 14.1. The van der Waals surface area contributed by atoms with Crippen molar-refractivity contribution in [3.63, 3.8) is 0 Å². The molecular weight excluding hydrogens is 253 g/mol. The van der Waals surface area contributed by atoms with E-state index in [2.05, 4.69) is 19.2 Å². The summed E-state index contributed by atoms with van der Waals surface area (Å²) >= 11 is 0. The van der Waals surface area contributed by atoms with Gasteiger partial charge in [0.1, 0.15) is 5.76 Å². The highest BCUT2D eigenvalue weighted by Crippen LogP contribution is 2.40. The molecule has 1 aromatic heterocycles. The molecule has 1 aliphatic carbocycles. The molecule has 1 N–H and O–H groups in total. The Balaban J connectivity index is 1.94. The van der Waals surface area contributed by atoms with Crippen LogP contribution in [0.4, 0.5) is 4.39 Å². The summed E-state index contributed by atoms with van der Waals surface area (Å²) in [5.74, 6) is 1.98. The summed E-state index contributed by atoms with van der Waals surface area (Å²) in [4.78, 5) is 0. The van der Waals surface area contributed by atoms with E-state index in [9.17, 15) is 4.39 Å². The first-order valence-electron chi connectivity index (χ1n) is 7.60. The second-order valence-corrected chi connectivity index (χ2v) is 6.02. The lowest BCUT2D eigenvalue weighted by Gasteiger charge is -2.22. The van der Waals surface area contributed by atoms with Gasteiger partial charge in [0.25, 0.3) is 0 Å². The smallest absolute Gasteiger partial charge is 0.169 e. The molecule has 0 amide bonds. The number of hydrogen-bond acceptors (Lipinski definition) is 2. The Kier molecular flexibility index (Phi) is 3.79. The van der Waals surface area contributed by atoms with Gasteiger partial charge in [-0.1, -0.05) is 32.4 Å². The standard InChI is InChI=1S/C17H22FNO/c1-3-19-16(12-8-7-11(2)9-12)15-10-13-5-4-6-14(18)17(13)20-15/h4-6,10-12,16,19H,3,7-9H2,1-2H3. The van der Waals surface area contributed by atoms with Gasteiger partial charge >= 0.3 is 0 Å². The van der Waals surface area contributed by atoms with E-state index in [1.807, 2.05) is 12.1 Å². The van der Waals surface area contributed by atoms with Gasteiger partial charge < -0.3 is 9.73 Å². The molecule has 0 spiro atoms. The summed E-state index contributed by atoms with van der Waals surface area (Å²) in [6.45, 7) is 5.31. The van der Waals surface area contributed by atoms with Crippen LogP contribution in [0.15, 0.2) is 28.7 Å². The molecule has 0 radical (unpaired) electrons. The number of halogens is 1. The Hall–Kier alpha value is -1.35. The normalized spacial score (nSPS) is 24.4. The molecule has 0 saturated heterocycles. The van der Waals surface area contributed by atoms with E-state index in [1.54, 1.807) is 6.07 Å². The molecule has 2 aromatic rings. The molecule has 0 bridgehead atoms. The molecule has 1 fully saturated rings. The Labute approximate surface area is 119 Å². The molecule has 3 heteroatoms. The first kappa shape index (κ1) is 13.6. The van der Waals surface area contributed by atoms with Gasteiger partial charge in [0.2, 0.25) is 0 Å². The van der Waals surface area contributed by atoms with Crippen LogP contribution in [-0.4, -0.2) is 6.54 Å². The number of benzene rings is 1. The minimum absolute atomic E-state index is 0.205. The lowest BCUT2D eigenvalue weighted by molar-refractivity contribution is 0.317. The fourth-order valence-electron chi connectivity index (χ4n) is 3.47. The molecule has 1 aliphatic rings. The van der Waals surface area contributed by atoms with Gasteiger partial charge in [-0.2, -0.15) is 0 Å². The van der Waals surface area contributed by atoms with Crippen LogP contribution in [0, 0.1) is 17.7 Å². The van der Waals surface area contributed by atoms with Crippen LogP contribution in [0.5, 0.6) is 0 Å². The number of para-hydroxylation sites is 1. The largest absolute Gasteiger partial charge is 0.456 e. The van der Waals surface area contributed by atoms with Gasteiger partial charge in [0.05, 0.1) is 6.04 Å². The van der Waals surface area contributed by atoms with Crippen LogP contribution >= 0.6 is 0 Å². The highest BCUT2D eigenvalue weighted by atomic mass is 19.1. The third-order valence-electron chi connectivity index (χ3n) is 4.45. The third kappa shape index (κ3) is 2.47. The van der Waals surface area contributed by atoms with Crippen molar-refractivity contribution in [2.75, 3.05) is 6.54 Å². The van der Waals surface area contributed by atoms with E-state index in [1.165, 1.54) is 25.3 Å². The van der Waals surface area contributed by atoms with E-state index >= 15 is 0 Å². The summed E-state index contributed by atoms with van der Waals surface area (Å²) in [5, 5.41) is 4.38. The van der Waals surface area contributed by atoms with Crippen molar-refractivity contribution < 1.29 is 8.81 Å². The zero-order valence-corrected chi connectivity index (χ0v) is 12.2. The second kappa shape index (κ2) is 5.57. The fourth-order valence-corrected chi connectivity index (χ4v) is 3.47. The lowest BCUT2D eigenvalue weighted by Crippen LogP contribution is -2.26. The molecular formula is C17H22FNO. The van der Waals surface area contributed by atoms with Gasteiger partial charge in [-0.3, -0.25) is 0 Å². The van der Waals surface area contributed by atoms with Crippen LogP contribution in [0.3, 0.4) is 0 Å². The van der Waals surface area contributed by atoms with Crippen molar-refractivity contribution in [2.24, 2.45) is 11.8 Å². The summed E-state index contributed by atoms with van der Waals surface area (Å²) in [6, 6.07) is 7.30. The van der Waals surface area contributed by atoms with E-state index in [0.717, 1.165) is 23.6 Å². The minimum atomic E-state index is -0.274. The van der Waals surface area contributed by atoms with Gasteiger partial charge in [-0.15, -0.1) is 0 Å². The number of hydrogen-bond donors (Lipinski definition) is 1. The predicted octanol–water partition coefficient (Wildman–Crippen LogP) is 4.66. The topological polar surface area (TPSA) is 25.2 Å². The van der Waals surface area contributed by atoms with Crippen molar-refractivity contribution in [1.82, 2.24) is 5.32 Å². The monoisotopic (exact) mass is 275 g/mol. The van der Waals surface area contributed by atoms with E-state index in [0.29, 0.717) is 11.5 Å². The molecule has 1 saturated carbocycles. The Morgan fingerprint density at radius 1 is 1.40 bits per heavy atom. The molecule has 1 heterocycles. The highest BCUT2D eigenvalue weighted by Gasteiger charge is 2.31. The molecule has 3 unspecified atom stereocenters. The molecule has 108 valence electrons. The molecule has 1 aromatic carbocycles. The van der Waals surface area contributed by atoms with Crippen molar-refractivity contribution in [3.8, 4) is 0 Å². The average molecular weight is 275 g/mol. The highest BCUT2D eigenvalue weighted by molar-refractivity contribution is 5.78. The fraction of sp³-hybridized carbons (Fsp3) is 0.529. The molecule has 0 aliphatic heterocycles. The summed E-state index contributed by atoms with van der Waals surface area (Å²) in [6.07, 6.45) is 3.72. The number of nitrogens with one attached hydrogen (secondary N) is 1.